The number of fused-ring (bicyclic) bond motifs is 4. The standard InChI is InChI=1S/C15H23NO5/c1-4-15-8-18-13(21-15)10(16-7-5-6-9(16)17)11-12(15)20-14(2,3)19-11/h10-13H,4-8H2,1-3H3/t10-,11?,12-,13?,15+/m1/s1. The third-order valence-corrected chi connectivity index (χ3v) is 5.17. The first-order valence-corrected chi connectivity index (χ1v) is 7.90. The van der Waals surface area contributed by atoms with E-state index in [9.17, 15) is 4.79 Å². The molecule has 4 saturated heterocycles. The molecule has 6 heteroatoms. The molecule has 4 aliphatic rings. The van der Waals surface area contributed by atoms with Crippen molar-refractivity contribution >= 4 is 5.91 Å². The van der Waals surface area contributed by atoms with Crippen molar-refractivity contribution in [1.29, 1.82) is 0 Å². The minimum atomic E-state index is -0.646. The molecule has 0 spiro atoms. The average Bonchev–Trinajstić information content (AvgIpc) is 3.09. The molecule has 0 saturated carbocycles. The van der Waals surface area contributed by atoms with E-state index >= 15 is 0 Å². The quantitative estimate of drug-likeness (QED) is 0.762. The first-order chi connectivity index (χ1) is 9.96. The van der Waals surface area contributed by atoms with Crippen LogP contribution in [0, 0.1) is 0 Å². The van der Waals surface area contributed by atoms with Gasteiger partial charge in [-0.05, 0) is 26.7 Å². The van der Waals surface area contributed by atoms with Crippen molar-refractivity contribution in [3.8, 4) is 0 Å². The molecule has 0 aromatic heterocycles. The Morgan fingerprint density at radius 2 is 2.10 bits per heavy atom. The van der Waals surface area contributed by atoms with Crippen LogP contribution < -0.4 is 0 Å². The maximum absolute atomic E-state index is 12.2. The molecule has 6 nitrogen and oxygen atoms in total. The molecule has 0 aromatic rings. The van der Waals surface area contributed by atoms with Crippen molar-refractivity contribution in [1.82, 2.24) is 4.90 Å². The summed E-state index contributed by atoms with van der Waals surface area (Å²) in [7, 11) is 0. The molecule has 0 aliphatic carbocycles. The summed E-state index contributed by atoms with van der Waals surface area (Å²) in [5, 5.41) is 0. The van der Waals surface area contributed by atoms with Crippen LogP contribution in [0.4, 0.5) is 0 Å². The summed E-state index contributed by atoms with van der Waals surface area (Å²) in [4.78, 5) is 14.0. The van der Waals surface area contributed by atoms with Crippen molar-refractivity contribution in [3.63, 3.8) is 0 Å². The SMILES string of the molecule is CC[C@@]12COC(O1)[C@H](N1CCCC1=O)C1OC(C)(C)O[C@H]12. The van der Waals surface area contributed by atoms with E-state index in [0.717, 1.165) is 19.4 Å². The van der Waals surface area contributed by atoms with Gasteiger partial charge in [0.25, 0.3) is 0 Å². The number of likely N-dealkylation sites (tertiary alicyclic amines) is 1. The largest absolute Gasteiger partial charge is 0.347 e. The van der Waals surface area contributed by atoms with E-state index in [1.54, 1.807) is 0 Å². The third kappa shape index (κ3) is 1.89. The van der Waals surface area contributed by atoms with Gasteiger partial charge >= 0.3 is 0 Å². The van der Waals surface area contributed by atoms with Crippen LogP contribution >= 0.6 is 0 Å². The number of carbonyl (C=O) groups is 1. The minimum absolute atomic E-state index is 0.162. The molecular formula is C15H23NO5. The Morgan fingerprint density at radius 1 is 1.29 bits per heavy atom. The third-order valence-electron chi connectivity index (χ3n) is 5.17. The highest BCUT2D eigenvalue weighted by atomic mass is 16.8. The lowest BCUT2D eigenvalue weighted by Crippen LogP contribution is -2.64. The molecule has 2 bridgehead atoms. The number of rotatable bonds is 2. The van der Waals surface area contributed by atoms with E-state index in [0.29, 0.717) is 13.0 Å². The fourth-order valence-corrected chi connectivity index (χ4v) is 4.14. The van der Waals surface area contributed by atoms with Crippen molar-refractivity contribution in [2.24, 2.45) is 0 Å². The molecule has 2 unspecified atom stereocenters. The molecule has 21 heavy (non-hydrogen) atoms. The van der Waals surface area contributed by atoms with Gasteiger partial charge in [0.15, 0.2) is 12.1 Å². The van der Waals surface area contributed by atoms with E-state index in [2.05, 4.69) is 6.92 Å². The van der Waals surface area contributed by atoms with Gasteiger partial charge in [-0.15, -0.1) is 0 Å². The van der Waals surface area contributed by atoms with Gasteiger partial charge in [-0.3, -0.25) is 4.79 Å². The highest BCUT2D eigenvalue weighted by Crippen LogP contribution is 2.49. The van der Waals surface area contributed by atoms with E-state index < -0.39 is 17.7 Å². The van der Waals surface area contributed by atoms with Gasteiger partial charge in [0.05, 0.1) is 6.61 Å². The molecule has 4 rings (SSSR count). The smallest absolute Gasteiger partial charge is 0.223 e. The van der Waals surface area contributed by atoms with Gasteiger partial charge in [-0.1, -0.05) is 6.92 Å². The van der Waals surface area contributed by atoms with Gasteiger partial charge in [0.2, 0.25) is 5.91 Å². The number of ether oxygens (including phenoxy) is 4. The van der Waals surface area contributed by atoms with Crippen LogP contribution in [0.15, 0.2) is 0 Å². The Labute approximate surface area is 124 Å². The predicted molar refractivity (Wildman–Crippen MR) is 72.4 cm³/mol. The van der Waals surface area contributed by atoms with E-state index in [1.807, 2.05) is 18.7 Å². The predicted octanol–water partition coefficient (Wildman–Crippen LogP) is 1.03. The van der Waals surface area contributed by atoms with Gasteiger partial charge < -0.3 is 23.8 Å². The highest BCUT2D eigenvalue weighted by Gasteiger charge is 2.66. The van der Waals surface area contributed by atoms with Gasteiger partial charge in [-0.2, -0.15) is 0 Å². The summed E-state index contributed by atoms with van der Waals surface area (Å²) in [6.07, 6.45) is 1.54. The van der Waals surface area contributed by atoms with Crippen LogP contribution in [0.1, 0.15) is 40.0 Å². The number of amides is 1. The minimum Gasteiger partial charge on any atom is -0.347 e. The summed E-state index contributed by atoms with van der Waals surface area (Å²) in [5.74, 6) is -0.484. The lowest BCUT2D eigenvalue weighted by molar-refractivity contribution is -0.215. The van der Waals surface area contributed by atoms with Crippen LogP contribution in [0.25, 0.3) is 0 Å². The second-order valence-corrected chi connectivity index (χ2v) is 6.92. The Hall–Kier alpha value is -0.690. The monoisotopic (exact) mass is 297 g/mol. The van der Waals surface area contributed by atoms with E-state index in [4.69, 9.17) is 18.9 Å². The van der Waals surface area contributed by atoms with Crippen LogP contribution in [-0.2, 0) is 23.7 Å². The van der Waals surface area contributed by atoms with Crippen LogP contribution in [0.2, 0.25) is 0 Å². The number of hydrogen-bond acceptors (Lipinski definition) is 5. The lowest BCUT2D eigenvalue weighted by Gasteiger charge is -2.44. The molecule has 4 aliphatic heterocycles. The van der Waals surface area contributed by atoms with Gasteiger partial charge in [0.1, 0.15) is 23.9 Å². The Balaban J connectivity index is 1.71. The molecule has 1 amide bonds. The number of carbonyl (C=O) groups excluding carboxylic acids is 1. The zero-order valence-corrected chi connectivity index (χ0v) is 12.8. The van der Waals surface area contributed by atoms with Crippen LogP contribution in [-0.4, -0.2) is 59.9 Å². The Bertz CT molecular complexity index is 467. The molecule has 118 valence electrons. The molecule has 0 N–H and O–H groups in total. The molecular weight excluding hydrogens is 274 g/mol. The highest BCUT2D eigenvalue weighted by molar-refractivity contribution is 5.78. The van der Waals surface area contributed by atoms with Crippen LogP contribution in [0.5, 0.6) is 0 Å². The molecule has 5 atom stereocenters. The summed E-state index contributed by atoms with van der Waals surface area (Å²) in [5.41, 5.74) is -0.442. The fourth-order valence-electron chi connectivity index (χ4n) is 4.14. The second-order valence-electron chi connectivity index (χ2n) is 6.92. The van der Waals surface area contributed by atoms with Crippen molar-refractivity contribution in [2.45, 2.75) is 76.0 Å². The maximum atomic E-state index is 12.2. The Kier molecular flexibility index (Phi) is 2.93. The van der Waals surface area contributed by atoms with E-state index in [-0.39, 0.29) is 24.2 Å². The summed E-state index contributed by atoms with van der Waals surface area (Å²) in [6, 6.07) is -0.200. The maximum Gasteiger partial charge on any atom is 0.223 e. The second kappa shape index (κ2) is 4.41. The van der Waals surface area contributed by atoms with Crippen molar-refractivity contribution in [3.05, 3.63) is 0 Å². The normalized spacial score (nSPS) is 48.0. The fraction of sp³-hybridized carbons (Fsp3) is 0.933. The molecule has 4 fully saturated rings. The van der Waals surface area contributed by atoms with Gasteiger partial charge in [-0.25, -0.2) is 0 Å². The zero-order valence-electron chi connectivity index (χ0n) is 12.8. The van der Waals surface area contributed by atoms with E-state index in [1.165, 1.54) is 0 Å². The van der Waals surface area contributed by atoms with Crippen molar-refractivity contribution < 1.29 is 23.7 Å². The summed E-state index contributed by atoms with van der Waals surface area (Å²) >= 11 is 0. The summed E-state index contributed by atoms with van der Waals surface area (Å²) in [6.45, 7) is 7.18. The first kappa shape index (κ1) is 13.9. The lowest BCUT2D eigenvalue weighted by atomic mass is 9.85. The van der Waals surface area contributed by atoms with Gasteiger partial charge in [0, 0.05) is 13.0 Å². The zero-order chi connectivity index (χ0) is 14.8. The number of hydrogen-bond donors (Lipinski definition) is 0. The van der Waals surface area contributed by atoms with Crippen LogP contribution in [0.3, 0.4) is 0 Å². The topological polar surface area (TPSA) is 57.2 Å². The number of nitrogens with zero attached hydrogens (tertiary/aromatic N) is 1. The van der Waals surface area contributed by atoms with Crippen molar-refractivity contribution in [2.75, 3.05) is 13.2 Å². The molecule has 0 aromatic carbocycles. The average molecular weight is 297 g/mol. The Morgan fingerprint density at radius 3 is 2.76 bits per heavy atom. The molecule has 4 heterocycles. The summed E-state index contributed by atoms with van der Waals surface area (Å²) < 4.78 is 24.4. The molecule has 0 radical (unpaired) electrons. The first-order valence-electron chi connectivity index (χ1n) is 7.90.